The molecular weight excluding hydrogens is 222 g/mol. The number of furan rings is 1. The van der Waals surface area contributed by atoms with E-state index < -0.39 is 0 Å². The van der Waals surface area contributed by atoms with E-state index in [2.05, 4.69) is 30.6 Å². The zero-order chi connectivity index (χ0) is 11.4. The summed E-state index contributed by atoms with van der Waals surface area (Å²) in [5, 5.41) is 3.42. The molecule has 4 heteroatoms. The molecule has 0 bridgehead atoms. The minimum absolute atomic E-state index is 0.328. The van der Waals surface area contributed by atoms with Crippen LogP contribution in [0.1, 0.15) is 18.4 Å². The van der Waals surface area contributed by atoms with Gasteiger partial charge in [-0.3, -0.25) is 0 Å². The van der Waals surface area contributed by atoms with Crippen LogP contribution in [0.3, 0.4) is 0 Å². The molecule has 0 atom stereocenters. The van der Waals surface area contributed by atoms with Crippen LogP contribution >= 0.6 is 11.8 Å². The van der Waals surface area contributed by atoms with Crippen LogP contribution in [0.25, 0.3) is 0 Å². The van der Waals surface area contributed by atoms with Gasteiger partial charge in [-0.15, -0.1) is 0 Å². The largest absolute Gasteiger partial charge is 0.464 e. The Hall–Kier alpha value is -0.450. The van der Waals surface area contributed by atoms with Gasteiger partial charge in [-0.2, -0.15) is 11.8 Å². The van der Waals surface area contributed by atoms with Crippen molar-refractivity contribution in [2.45, 2.75) is 19.2 Å². The van der Waals surface area contributed by atoms with Crippen molar-refractivity contribution in [3.63, 3.8) is 0 Å². The number of thioether (sulfide) groups is 1. The average molecular weight is 241 g/mol. The zero-order valence-corrected chi connectivity index (χ0v) is 10.7. The van der Waals surface area contributed by atoms with Gasteiger partial charge < -0.3 is 14.5 Å². The maximum absolute atomic E-state index is 5.68. The fourth-order valence-corrected chi connectivity index (χ4v) is 2.22. The van der Waals surface area contributed by atoms with Crippen molar-refractivity contribution in [1.82, 2.24) is 5.32 Å². The van der Waals surface area contributed by atoms with Crippen LogP contribution < -0.4 is 5.32 Å². The summed E-state index contributed by atoms with van der Waals surface area (Å²) in [5.74, 6) is 3.03. The normalized spacial score (nSPS) is 18.4. The van der Waals surface area contributed by atoms with Crippen LogP contribution in [-0.2, 0) is 17.0 Å². The molecule has 1 saturated heterocycles. The zero-order valence-electron chi connectivity index (χ0n) is 9.91. The second-order valence-electron chi connectivity index (χ2n) is 4.71. The summed E-state index contributed by atoms with van der Waals surface area (Å²) < 4.78 is 10.9. The van der Waals surface area contributed by atoms with Crippen molar-refractivity contribution < 1.29 is 9.15 Å². The molecule has 1 aliphatic heterocycles. The van der Waals surface area contributed by atoms with E-state index in [1.807, 2.05) is 0 Å². The second-order valence-corrected chi connectivity index (χ2v) is 5.57. The Labute approximate surface area is 101 Å². The van der Waals surface area contributed by atoms with Crippen molar-refractivity contribution >= 4 is 11.8 Å². The summed E-state index contributed by atoms with van der Waals surface area (Å²) >= 11 is 1.78. The number of ether oxygens (including phenoxy) is 1. The Kier molecular flexibility index (Phi) is 3.95. The Balaban J connectivity index is 1.72. The summed E-state index contributed by atoms with van der Waals surface area (Å²) in [6.07, 6.45) is 2.08. The number of hydrogen-bond acceptors (Lipinski definition) is 4. The average Bonchev–Trinajstić information content (AvgIpc) is 2.64. The topological polar surface area (TPSA) is 34.4 Å². The molecule has 0 radical (unpaired) electrons. The maximum Gasteiger partial charge on any atom is 0.118 e. The van der Waals surface area contributed by atoms with Crippen LogP contribution in [0.2, 0.25) is 0 Å². The first-order valence-corrected chi connectivity index (χ1v) is 6.96. The lowest BCUT2D eigenvalue weighted by Gasteiger charge is -2.38. The monoisotopic (exact) mass is 241 g/mol. The van der Waals surface area contributed by atoms with Crippen molar-refractivity contribution in [3.05, 3.63) is 23.7 Å². The molecule has 0 amide bonds. The molecule has 0 aliphatic carbocycles. The Bertz CT molecular complexity index is 334. The highest BCUT2D eigenvalue weighted by Gasteiger charge is 2.32. The lowest BCUT2D eigenvalue weighted by Crippen LogP contribution is -2.47. The minimum Gasteiger partial charge on any atom is -0.464 e. The van der Waals surface area contributed by atoms with Crippen LogP contribution in [-0.4, -0.2) is 26.0 Å². The summed E-state index contributed by atoms with van der Waals surface area (Å²) in [7, 11) is 0. The third kappa shape index (κ3) is 3.03. The van der Waals surface area contributed by atoms with Gasteiger partial charge in [-0.05, 0) is 18.4 Å². The molecule has 0 unspecified atom stereocenters. The molecule has 3 nitrogen and oxygen atoms in total. The summed E-state index contributed by atoms with van der Waals surface area (Å²) in [5.41, 5.74) is 0.328. The molecule has 1 N–H and O–H groups in total. The molecule has 0 spiro atoms. The summed E-state index contributed by atoms with van der Waals surface area (Å²) in [6.45, 7) is 5.78. The molecule has 1 aliphatic rings. The van der Waals surface area contributed by atoms with Gasteiger partial charge in [0.05, 0.1) is 25.5 Å². The molecule has 2 rings (SSSR count). The predicted octanol–water partition coefficient (Wildman–Crippen LogP) is 2.27. The smallest absolute Gasteiger partial charge is 0.118 e. The van der Waals surface area contributed by atoms with Crippen LogP contribution in [0, 0.1) is 5.41 Å². The third-order valence-corrected chi connectivity index (χ3v) is 3.33. The fraction of sp³-hybridized carbons (Fsp3) is 0.667. The molecule has 2 heterocycles. The molecule has 16 heavy (non-hydrogen) atoms. The summed E-state index contributed by atoms with van der Waals surface area (Å²) in [6, 6.07) is 4.11. The molecule has 90 valence electrons. The Morgan fingerprint density at radius 1 is 1.38 bits per heavy atom. The van der Waals surface area contributed by atoms with Gasteiger partial charge in [0.25, 0.3) is 0 Å². The minimum atomic E-state index is 0.328. The Morgan fingerprint density at radius 2 is 2.12 bits per heavy atom. The van der Waals surface area contributed by atoms with Crippen LogP contribution in [0.4, 0.5) is 0 Å². The van der Waals surface area contributed by atoms with E-state index in [0.29, 0.717) is 5.41 Å². The van der Waals surface area contributed by atoms with E-state index in [1.54, 1.807) is 11.8 Å². The van der Waals surface area contributed by atoms with Crippen molar-refractivity contribution in [2.24, 2.45) is 5.41 Å². The lowest BCUT2D eigenvalue weighted by atomic mass is 9.89. The van der Waals surface area contributed by atoms with E-state index >= 15 is 0 Å². The van der Waals surface area contributed by atoms with E-state index in [4.69, 9.17) is 9.15 Å². The number of nitrogens with one attached hydrogen (secondary N) is 1. The first-order chi connectivity index (χ1) is 7.72. The van der Waals surface area contributed by atoms with Gasteiger partial charge in [0.1, 0.15) is 11.5 Å². The molecule has 1 fully saturated rings. The van der Waals surface area contributed by atoms with Gasteiger partial charge in [0.2, 0.25) is 0 Å². The van der Waals surface area contributed by atoms with Gasteiger partial charge in [0.15, 0.2) is 0 Å². The quantitative estimate of drug-likeness (QED) is 0.828. The maximum atomic E-state index is 5.68. The van der Waals surface area contributed by atoms with Crippen molar-refractivity contribution in [3.8, 4) is 0 Å². The predicted molar refractivity (Wildman–Crippen MR) is 66.6 cm³/mol. The first kappa shape index (κ1) is 12.0. The van der Waals surface area contributed by atoms with Gasteiger partial charge in [0, 0.05) is 12.0 Å². The van der Waals surface area contributed by atoms with Gasteiger partial charge in [-0.1, -0.05) is 6.92 Å². The van der Waals surface area contributed by atoms with E-state index in [0.717, 1.165) is 43.6 Å². The molecule has 1 aromatic rings. The third-order valence-electron chi connectivity index (χ3n) is 2.76. The number of rotatable bonds is 6. The van der Waals surface area contributed by atoms with E-state index in [-0.39, 0.29) is 0 Å². The molecule has 0 saturated carbocycles. The van der Waals surface area contributed by atoms with Crippen LogP contribution in [0.5, 0.6) is 0 Å². The SMILES string of the molecule is CSCc1ccc(CNCC2(C)COC2)o1. The van der Waals surface area contributed by atoms with Crippen molar-refractivity contribution in [1.29, 1.82) is 0 Å². The molecular formula is C12H19NO2S. The molecule has 0 aromatic carbocycles. The summed E-state index contributed by atoms with van der Waals surface area (Å²) in [4.78, 5) is 0. The number of hydrogen-bond donors (Lipinski definition) is 1. The van der Waals surface area contributed by atoms with Crippen LogP contribution in [0.15, 0.2) is 16.5 Å². The highest BCUT2D eigenvalue weighted by atomic mass is 32.2. The fourth-order valence-electron chi connectivity index (χ4n) is 1.78. The molecule has 1 aromatic heterocycles. The standard InChI is InChI=1S/C12H19NO2S/c1-12(8-14-9-12)7-13-5-10-3-4-11(15-10)6-16-2/h3-4,13H,5-9H2,1-2H3. The van der Waals surface area contributed by atoms with E-state index in [1.165, 1.54) is 0 Å². The lowest BCUT2D eigenvalue weighted by molar-refractivity contribution is -0.0992. The Morgan fingerprint density at radius 3 is 2.75 bits per heavy atom. The van der Waals surface area contributed by atoms with Gasteiger partial charge in [-0.25, -0.2) is 0 Å². The highest BCUT2D eigenvalue weighted by Crippen LogP contribution is 2.25. The first-order valence-electron chi connectivity index (χ1n) is 5.57. The second kappa shape index (κ2) is 5.25. The van der Waals surface area contributed by atoms with Gasteiger partial charge >= 0.3 is 0 Å². The van der Waals surface area contributed by atoms with E-state index in [9.17, 15) is 0 Å². The highest BCUT2D eigenvalue weighted by molar-refractivity contribution is 7.97. The van der Waals surface area contributed by atoms with Crippen molar-refractivity contribution in [2.75, 3.05) is 26.0 Å².